The third kappa shape index (κ3) is 3.20. The lowest BCUT2D eigenvalue weighted by molar-refractivity contribution is 0.0697. The number of ether oxygens (including phenoxy) is 1. The second kappa shape index (κ2) is 5.93. The molecule has 1 aliphatic heterocycles. The van der Waals surface area contributed by atoms with Crippen molar-refractivity contribution in [3.05, 3.63) is 48.2 Å². The number of rotatable bonds is 4. The van der Waals surface area contributed by atoms with Gasteiger partial charge in [-0.1, -0.05) is 12.1 Å². The molecular weight excluding hydrogens is 268 g/mol. The van der Waals surface area contributed by atoms with Gasteiger partial charge in [-0.25, -0.2) is 9.78 Å². The maximum absolute atomic E-state index is 11.0. The fourth-order valence-electron chi connectivity index (χ4n) is 2.35. The van der Waals surface area contributed by atoms with E-state index in [0.29, 0.717) is 5.88 Å². The summed E-state index contributed by atoms with van der Waals surface area (Å²) in [6.07, 6.45) is 2.88. The predicted molar refractivity (Wildman–Crippen MR) is 78.5 cm³/mol. The number of nitrogens with zero attached hydrogens (tertiary/aromatic N) is 1. The van der Waals surface area contributed by atoms with Crippen LogP contribution < -0.4 is 10.1 Å². The maximum Gasteiger partial charge on any atom is 0.335 e. The van der Waals surface area contributed by atoms with Crippen molar-refractivity contribution in [3.63, 3.8) is 0 Å². The van der Waals surface area contributed by atoms with Crippen molar-refractivity contribution in [2.45, 2.75) is 12.5 Å². The Morgan fingerprint density at radius 2 is 2.19 bits per heavy atom. The molecule has 0 amide bonds. The molecule has 1 aromatic heterocycles. The molecule has 108 valence electrons. The summed E-state index contributed by atoms with van der Waals surface area (Å²) in [5.41, 5.74) is 1.97. The molecule has 0 saturated carbocycles. The van der Waals surface area contributed by atoms with E-state index in [1.807, 2.05) is 18.2 Å². The highest BCUT2D eigenvalue weighted by Gasteiger charge is 2.16. The summed E-state index contributed by atoms with van der Waals surface area (Å²) < 4.78 is 5.76. The first-order valence-electron chi connectivity index (χ1n) is 6.89. The summed E-state index contributed by atoms with van der Waals surface area (Å²) in [6.45, 7) is 1.83. The SMILES string of the molecule is O=C(O)c1cccc(-c2ccc(OC3CCNC3)nc2)c1. The van der Waals surface area contributed by atoms with E-state index in [2.05, 4.69) is 10.3 Å². The lowest BCUT2D eigenvalue weighted by Crippen LogP contribution is -2.19. The van der Waals surface area contributed by atoms with Crippen molar-refractivity contribution in [1.82, 2.24) is 10.3 Å². The van der Waals surface area contributed by atoms with Crippen LogP contribution in [0.3, 0.4) is 0 Å². The van der Waals surface area contributed by atoms with Crippen molar-refractivity contribution in [1.29, 1.82) is 0 Å². The van der Waals surface area contributed by atoms with Crippen LogP contribution in [-0.4, -0.2) is 35.3 Å². The molecule has 1 saturated heterocycles. The lowest BCUT2D eigenvalue weighted by Gasteiger charge is -2.11. The molecule has 0 spiro atoms. The number of benzene rings is 1. The van der Waals surface area contributed by atoms with Crippen molar-refractivity contribution >= 4 is 5.97 Å². The van der Waals surface area contributed by atoms with Crippen molar-refractivity contribution < 1.29 is 14.6 Å². The quantitative estimate of drug-likeness (QED) is 0.900. The standard InChI is InChI=1S/C16H16N2O3/c19-16(20)12-3-1-2-11(8-12)13-4-5-15(18-9-13)21-14-6-7-17-10-14/h1-5,8-9,14,17H,6-7,10H2,(H,19,20). The molecule has 0 aliphatic carbocycles. The van der Waals surface area contributed by atoms with Gasteiger partial charge in [0.1, 0.15) is 6.10 Å². The average molecular weight is 284 g/mol. The van der Waals surface area contributed by atoms with Crippen LogP contribution in [0.5, 0.6) is 5.88 Å². The highest BCUT2D eigenvalue weighted by atomic mass is 16.5. The molecular formula is C16H16N2O3. The van der Waals surface area contributed by atoms with Crippen LogP contribution in [0.15, 0.2) is 42.6 Å². The molecule has 0 radical (unpaired) electrons. The minimum absolute atomic E-state index is 0.179. The summed E-state index contributed by atoms with van der Waals surface area (Å²) in [7, 11) is 0. The Balaban J connectivity index is 1.77. The van der Waals surface area contributed by atoms with Crippen LogP contribution in [-0.2, 0) is 0 Å². The number of hydrogen-bond acceptors (Lipinski definition) is 4. The first kappa shape index (κ1) is 13.6. The Hall–Kier alpha value is -2.40. The van der Waals surface area contributed by atoms with Crippen molar-refractivity contribution in [2.75, 3.05) is 13.1 Å². The maximum atomic E-state index is 11.0. The number of hydrogen-bond donors (Lipinski definition) is 2. The fraction of sp³-hybridized carbons (Fsp3) is 0.250. The lowest BCUT2D eigenvalue weighted by atomic mass is 10.1. The summed E-state index contributed by atoms with van der Waals surface area (Å²) in [5.74, 6) is -0.333. The smallest absolute Gasteiger partial charge is 0.335 e. The van der Waals surface area contributed by atoms with E-state index in [4.69, 9.17) is 9.84 Å². The van der Waals surface area contributed by atoms with E-state index in [-0.39, 0.29) is 11.7 Å². The van der Waals surface area contributed by atoms with Gasteiger partial charge in [-0.15, -0.1) is 0 Å². The van der Waals surface area contributed by atoms with Gasteiger partial charge < -0.3 is 15.2 Å². The first-order valence-corrected chi connectivity index (χ1v) is 6.89. The summed E-state index contributed by atoms with van der Waals surface area (Å²) in [5, 5.41) is 12.3. The molecule has 1 aromatic carbocycles. The molecule has 5 heteroatoms. The Labute approximate surface area is 122 Å². The van der Waals surface area contributed by atoms with E-state index >= 15 is 0 Å². The Morgan fingerprint density at radius 1 is 1.29 bits per heavy atom. The van der Waals surface area contributed by atoms with E-state index in [0.717, 1.165) is 30.6 Å². The predicted octanol–water partition coefficient (Wildman–Crippen LogP) is 2.19. The summed E-state index contributed by atoms with van der Waals surface area (Å²) >= 11 is 0. The van der Waals surface area contributed by atoms with Gasteiger partial charge in [0.05, 0.1) is 5.56 Å². The highest BCUT2D eigenvalue weighted by Crippen LogP contribution is 2.22. The zero-order chi connectivity index (χ0) is 14.7. The van der Waals surface area contributed by atoms with Crippen LogP contribution in [0.1, 0.15) is 16.8 Å². The monoisotopic (exact) mass is 284 g/mol. The number of carboxylic acids is 1. The molecule has 3 rings (SSSR count). The number of pyridine rings is 1. The average Bonchev–Trinajstić information content (AvgIpc) is 3.01. The molecule has 1 unspecified atom stereocenters. The number of carbonyl (C=O) groups is 1. The van der Waals surface area contributed by atoms with Gasteiger partial charge in [0.15, 0.2) is 0 Å². The largest absolute Gasteiger partial charge is 0.478 e. The van der Waals surface area contributed by atoms with E-state index < -0.39 is 5.97 Å². The fourth-order valence-corrected chi connectivity index (χ4v) is 2.35. The van der Waals surface area contributed by atoms with Crippen LogP contribution >= 0.6 is 0 Å². The van der Waals surface area contributed by atoms with Crippen molar-refractivity contribution in [3.8, 4) is 17.0 Å². The minimum atomic E-state index is -0.932. The second-order valence-corrected chi connectivity index (χ2v) is 5.00. The molecule has 2 aromatic rings. The molecule has 2 heterocycles. The molecule has 2 N–H and O–H groups in total. The number of aromatic carboxylic acids is 1. The summed E-state index contributed by atoms with van der Waals surface area (Å²) in [4.78, 5) is 15.3. The Morgan fingerprint density at radius 3 is 2.86 bits per heavy atom. The Bertz CT molecular complexity index is 634. The highest BCUT2D eigenvalue weighted by molar-refractivity contribution is 5.89. The number of nitrogens with one attached hydrogen (secondary N) is 1. The van der Waals surface area contributed by atoms with Gasteiger partial charge in [-0.05, 0) is 36.7 Å². The molecule has 0 bridgehead atoms. The number of carboxylic acid groups (broad SMARTS) is 1. The van der Waals surface area contributed by atoms with E-state index in [1.54, 1.807) is 24.4 Å². The van der Waals surface area contributed by atoms with E-state index in [1.165, 1.54) is 0 Å². The molecule has 1 atom stereocenters. The van der Waals surface area contributed by atoms with Gasteiger partial charge in [0.25, 0.3) is 0 Å². The first-order chi connectivity index (χ1) is 10.2. The summed E-state index contributed by atoms with van der Waals surface area (Å²) in [6, 6.07) is 10.5. The Kier molecular flexibility index (Phi) is 3.83. The van der Waals surface area contributed by atoms with Crippen LogP contribution in [0.2, 0.25) is 0 Å². The van der Waals surface area contributed by atoms with Gasteiger partial charge in [0.2, 0.25) is 5.88 Å². The van der Waals surface area contributed by atoms with Gasteiger partial charge in [-0.2, -0.15) is 0 Å². The molecule has 5 nitrogen and oxygen atoms in total. The number of aromatic nitrogens is 1. The van der Waals surface area contributed by atoms with Gasteiger partial charge >= 0.3 is 5.97 Å². The molecule has 21 heavy (non-hydrogen) atoms. The third-order valence-electron chi connectivity index (χ3n) is 3.48. The van der Waals surface area contributed by atoms with Crippen LogP contribution in [0, 0.1) is 0 Å². The second-order valence-electron chi connectivity index (χ2n) is 5.00. The minimum Gasteiger partial charge on any atom is -0.478 e. The molecule has 1 aliphatic rings. The van der Waals surface area contributed by atoms with Crippen LogP contribution in [0.4, 0.5) is 0 Å². The van der Waals surface area contributed by atoms with Crippen molar-refractivity contribution in [2.24, 2.45) is 0 Å². The van der Waals surface area contributed by atoms with Crippen LogP contribution in [0.25, 0.3) is 11.1 Å². The normalized spacial score (nSPS) is 17.6. The zero-order valence-electron chi connectivity index (χ0n) is 11.5. The zero-order valence-corrected chi connectivity index (χ0v) is 11.5. The van der Waals surface area contributed by atoms with Gasteiger partial charge in [-0.3, -0.25) is 0 Å². The van der Waals surface area contributed by atoms with E-state index in [9.17, 15) is 4.79 Å². The van der Waals surface area contributed by atoms with Gasteiger partial charge in [0, 0.05) is 24.4 Å². The topological polar surface area (TPSA) is 71.5 Å². The third-order valence-corrected chi connectivity index (χ3v) is 3.48. The molecule has 1 fully saturated rings.